The summed E-state index contributed by atoms with van der Waals surface area (Å²) in [6, 6.07) is 4.41. The molecule has 0 amide bonds. The Kier molecular flexibility index (Phi) is 1.70. The zero-order valence-corrected chi connectivity index (χ0v) is 7.34. The molecule has 1 aromatic heterocycles. The minimum atomic E-state index is 0.0384. The maximum Gasteiger partial charge on any atom is 0.172 e. The fourth-order valence-electron chi connectivity index (χ4n) is 1.24. The van der Waals surface area contributed by atoms with Crippen LogP contribution in [-0.4, -0.2) is 16.5 Å². The van der Waals surface area contributed by atoms with Gasteiger partial charge in [-0.25, -0.2) is 0 Å². The summed E-state index contributed by atoms with van der Waals surface area (Å²) in [7, 11) is 0. The van der Waals surface area contributed by atoms with E-state index in [1.165, 1.54) is 18.2 Å². The lowest BCUT2D eigenvalue weighted by Gasteiger charge is -1.95. The van der Waals surface area contributed by atoms with Crippen molar-refractivity contribution in [3.63, 3.8) is 0 Å². The number of carbonyl (C=O) groups is 1. The monoisotopic (exact) mass is 194 g/mol. The van der Waals surface area contributed by atoms with Crippen molar-refractivity contribution in [3.8, 4) is 10.8 Å². The molecule has 0 aliphatic rings. The first kappa shape index (κ1) is 8.07. The van der Waals surface area contributed by atoms with Crippen LogP contribution in [0, 0.1) is 0 Å². The number of phenols is 1. The number of rotatable bonds is 1. The molecule has 0 saturated heterocycles. The Morgan fingerprint density at radius 3 is 2.69 bits per heavy atom. The lowest BCUT2D eigenvalue weighted by atomic mass is 10.1. The van der Waals surface area contributed by atoms with Crippen molar-refractivity contribution in [1.82, 2.24) is 0 Å². The van der Waals surface area contributed by atoms with Gasteiger partial charge in [0.15, 0.2) is 11.3 Å². The Balaban J connectivity index is 2.88. The summed E-state index contributed by atoms with van der Waals surface area (Å²) in [5.74, 6) is 0.0384. The molecule has 0 bridgehead atoms. The molecule has 0 fully saturated rings. The summed E-state index contributed by atoms with van der Waals surface area (Å²) < 4.78 is 0.708. The topological polar surface area (TPSA) is 57.5 Å². The number of thiophene rings is 1. The Morgan fingerprint density at radius 2 is 2.00 bits per heavy atom. The van der Waals surface area contributed by atoms with Gasteiger partial charge in [-0.05, 0) is 12.1 Å². The molecule has 0 radical (unpaired) electrons. The summed E-state index contributed by atoms with van der Waals surface area (Å²) >= 11 is 1.13. The van der Waals surface area contributed by atoms with Crippen LogP contribution < -0.4 is 0 Å². The van der Waals surface area contributed by atoms with Gasteiger partial charge in [0.25, 0.3) is 0 Å². The number of carbonyl (C=O) groups excluding carboxylic acids is 1. The average Bonchev–Trinajstić information content (AvgIpc) is 2.43. The Labute approximate surface area is 77.9 Å². The molecule has 2 aromatic rings. The zero-order chi connectivity index (χ0) is 9.42. The molecule has 1 heterocycles. The molecular weight excluding hydrogens is 188 g/mol. The molecule has 0 aliphatic carbocycles. The standard InChI is InChI=1S/C9H6O3S/c10-4-5-1-6(11)2-8-7(5)3-9(12)13-8/h1-4,11-12H. The molecule has 3 nitrogen and oxygen atoms in total. The summed E-state index contributed by atoms with van der Waals surface area (Å²) in [6.45, 7) is 0. The lowest BCUT2D eigenvalue weighted by Crippen LogP contribution is -1.79. The Bertz CT molecular complexity index is 473. The number of fused-ring (bicyclic) bond motifs is 1. The second kappa shape index (κ2) is 2.74. The van der Waals surface area contributed by atoms with Gasteiger partial charge < -0.3 is 10.2 Å². The molecule has 0 spiro atoms. The van der Waals surface area contributed by atoms with E-state index in [1.807, 2.05) is 0 Å². The van der Waals surface area contributed by atoms with Crippen LogP contribution in [0.1, 0.15) is 10.4 Å². The number of hydrogen-bond donors (Lipinski definition) is 2. The van der Waals surface area contributed by atoms with Crippen molar-refractivity contribution in [3.05, 3.63) is 23.8 Å². The van der Waals surface area contributed by atoms with E-state index in [1.54, 1.807) is 0 Å². The minimum absolute atomic E-state index is 0.0384. The van der Waals surface area contributed by atoms with Crippen LogP contribution in [0.5, 0.6) is 10.8 Å². The first-order valence-electron chi connectivity index (χ1n) is 3.61. The second-order valence-electron chi connectivity index (χ2n) is 2.65. The van der Waals surface area contributed by atoms with Crippen LogP contribution in [-0.2, 0) is 0 Å². The van der Waals surface area contributed by atoms with Gasteiger partial charge in [0.2, 0.25) is 0 Å². The molecule has 2 N–H and O–H groups in total. The normalized spacial score (nSPS) is 10.5. The molecule has 0 unspecified atom stereocenters. The van der Waals surface area contributed by atoms with Gasteiger partial charge >= 0.3 is 0 Å². The SMILES string of the molecule is O=Cc1cc(O)cc2sc(O)cc12. The quantitative estimate of drug-likeness (QED) is 0.683. The second-order valence-corrected chi connectivity index (χ2v) is 3.71. The highest BCUT2D eigenvalue weighted by atomic mass is 32.1. The average molecular weight is 194 g/mol. The molecular formula is C9H6O3S. The summed E-state index contributed by atoms with van der Waals surface area (Å²) in [5.41, 5.74) is 0.395. The van der Waals surface area contributed by atoms with Gasteiger partial charge in [-0.3, -0.25) is 4.79 Å². The highest BCUT2D eigenvalue weighted by Gasteiger charge is 2.06. The highest BCUT2D eigenvalue weighted by molar-refractivity contribution is 7.20. The van der Waals surface area contributed by atoms with Crippen LogP contribution in [0.25, 0.3) is 10.1 Å². The minimum Gasteiger partial charge on any atom is -0.508 e. The van der Waals surface area contributed by atoms with Gasteiger partial charge in [0, 0.05) is 21.7 Å². The third kappa shape index (κ3) is 1.25. The Hall–Kier alpha value is -1.55. The van der Waals surface area contributed by atoms with E-state index in [-0.39, 0.29) is 10.8 Å². The zero-order valence-electron chi connectivity index (χ0n) is 6.52. The summed E-state index contributed by atoms with van der Waals surface area (Å²) in [5, 5.41) is 19.2. The number of phenolic OH excluding ortho intramolecular Hbond substituents is 1. The summed E-state index contributed by atoms with van der Waals surface area (Å²) in [6.07, 6.45) is 0.661. The van der Waals surface area contributed by atoms with E-state index >= 15 is 0 Å². The fourth-order valence-corrected chi connectivity index (χ4v) is 2.10. The maximum absolute atomic E-state index is 10.6. The maximum atomic E-state index is 10.6. The first-order chi connectivity index (χ1) is 6.20. The van der Waals surface area contributed by atoms with Gasteiger partial charge in [0.05, 0.1) is 0 Å². The molecule has 0 aliphatic heterocycles. The number of benzene rings is 1. The van der Waals surface area contributed by atoms with Crippen molar-refractivity contribution < 1.29 is 15.0 Å². The number of aromatic hydroxyl groups is 2. The van der Waals surface area contributed by atoms with Crippen LogP contribution >= 0.6 is 11.3 Å². The first-order valence-corrected chi connectivity index (χ1v) is 4.43. The third-order valence-electron chi connectivity index (χ3n) is 1.77. The molecule has 2 rings (SSSR count). The van der Waals surface area contributed by atoms with Crippen LogP contribution in [0.4, 0.5) is 0 Å². The lowest BCUT2D eigenvalue weighted by molar-refractivity contribution is 0.112. The molecule has 66 valence electrons. The third-order valence-corrected chi connectivity index (χ3v) is 2.65. The van der Waals surface area contributed by atoms with Crippen molar-refractivity contribution in [2.75, 3.05) is 0 Å². The van der Waals surface area contributed by atoms with Crippen molar-refractivity contribution >= 4 is 27.7 Å². The van der Waals surface area contributed by atoms with Gasteiger partial charge in [-0.1, -0.05) is 11.3 Å². The van der Waals surface area contributed by atoms with Crippen molar-refractivity contribution in [2.24, 2.45) is 0 Å². The highest BCUT2D eigenvalue weighted by Crippen LogP contribution is 2.34. The fraction of sp³-hybridized carbons (Fsp3) is 0. The number of aldehydes is 1. The molecule has 4 heteroatoms. The number of hydrogen-bond acceptors (Lipinski definition) is 4. The van der Waals surface area contributed by atoms with E-state index in [9.17, 15) is 15.0 Å². The smallest absolute Gasteiger partial charge is 0.172 e. The Morgan fingerprint density at radius 1 is 1.23 bits per heavy atom. The van der Waals surface area contributed by atoms with Crippen molar-refractivity contribution in [1.29, 1.82) is 0 Å². The van der Waals surface area contributed by atoms with Crippen LogP contribution in [0.2, 0.25) is 0 Å². The van der Waals surface area contributed by atoms with Crippen LogP contribution in [0.15, 0.2) is 18.2 Å². The van der Waals surface area contributed by atoms with Crippen molar-refractivity contribution in [2.45, 2.75) is 0 Å². The summed E-state index contributed by atoms with van der Waals surface area (Å²) in [4.78, 5) is 10.6. The predicted molar refractivity (Wildman–Crippen MR) is 50.5 cm³/mol. The largest absolute Gasteiger partial charge is 0.508 e. The molecule has 1 aromatic carbocycles. The molecule has 13 heavy (non-hydrogen) atoms. The van der Waals surface area contributed by atoms with Gasteiger partial charge in [0.1, 0.15) is 5.75 Å². The van der Waals surface area contributed by atoms with E-state index in [0.29, 0.717) is 21.9 Å². The molecule has 0 saturated carbocycles. The van der Waals surface area contributed by atoms with Gasteiger partial charge in [-0.15, -0.1) is 0 Å². The van der Waals surface area contributed by atoms with E-state index in [4.69, 9.17) is 0 Å². The van der Waals surface area contributed by atoms with E-state index in [2.05, 4.69) is 0 Å². The van der Waals surface area contributed by atoms with E-state index < -0.39 is 0 Å². The van der Waals surface area contributed by atoms with Gasteiger partial charge in [-0.2, -0.15) is 0 Å². The van der Waals surface area contributed by atoms with Crippen LogP contribution in [0.3, 0.4) is 0 Å². The predicted octanol–water partition coefficient (Wildman–Crippen LogP) is 2.12. The van der Waals surface area contributed by atoms with E-state index in [0.717, 1.165) is 11.3 Å². The molecule has 0 atom stereocenters.